The number of hydrogen-bond donors (Lipinski definition) is 1. The van der Waals surface area contributed by atoms with Crippen LogP contribution in [-0.4, -0.2) is 11.8 Å². The zero-order valence-corrected chi connectivity index (χ0v) is 10.9. The van der Waals surface area contributed by atoms with E-state index in [2.05, 4.69) is 5.32 Å². The normalized spacial score (nSPS) is 13.4. The van der Waals surface area contributed by atoms with Gasteiger partial charge in [-0.3, -0.25) is 14.9 Å². The van der Waals surface area contributed by atoms with Gasteiger partial charge in [0.2, 0.25) is 0 Å². The molecule has 2 aromatic rings. The van der Waals surface area contributed by atoms with Crippen LogP contribution in [0.4, 0.5) is 0 Å². The highest BCUT2D eigenvalue weighted by atomic mass is 35.5. The van der Waals surface area contributed by atoms with Crippen molar-refractivity contribution >= 4 is 23.4 Å². The third kappa shape index (κ3) is 1.83. The van der Waals surface area contributed by atoms with Crippen molar-refractivity contribution in [2.24, 2.45) is 0 Å². The molecule has 1 heterocycles. The zero-order chi connectivity index (χ0) is 13.6. The Morgan fingerprint density at radius 2 is 1.68 bits per heavy atom. The topological polar surface area (TPSA) is 46.2 Å². The van der Waals surface area contributed by atoms with Gasteiger partial charge in [0.15, 0.2) is 0 Å². The van der Waals surface area contributed by atoms with Crippen molar-refractivity contribution in [3.63, 3.8) is 0 Å². The number of amides is 2. The monoisotopic (exact) mass is 271 g/mol. The summed E-state index contributed by atoms with van der Waals surface area (Å²) in [4.78, 5) is 23.6. The average molecular weight is 272 g/mol. The van der Waals surface area contributed by atoms with Crippen molar-refractivity contribution in [3.05, 3.63) is 58.1 Å². The van der Waals surface area contributed by atoms with E-state index in [1.165, 1.54) is 0 Å². The number of hydrogen-bond acceptors (Lipinski definition) is 2. The number of fused-ring (bicyclic) bond motifs is 1. The highest BCUT2D eigenvalue weighted by molar-refractivity contribution is 6.31. The molecule has 0 saturated carbocycles. The molecule has 1 aliphatic rings. The van der Waals surface area contributed by atoms with Gasteiger partial charge in [-0.1, -0.05) is 29.8 Å². The van der Waals surface area contributed by atoms with E-state index in [0.29, 0.717) is 16.1 Å². The van der Waals surface area contributed by atoms with Crippen LogP contribution in [0.1, 0.15) is 26.3 Å². The second kappa shape index (κ2) is 4.21. The van der Waals surface area contributed by atoms with E-state index in [4.69, 9.17) is 11.6 Å². The fourth-order valence-corrected chi connectivity index (χ4v) is 2.50. The van der Waals surface area contributed by atoms with E-state index < -0.39 is 0 Å². The summed E-state index contributed by atoms with van der Waals surface area (Å²) in [7, 11) is 0. The molecular weight excluding hydrogens is 262 g/mol. The predicted octanol–water partition coefficient (Wildman–Crippen LogP) is 3.20. The van der Waals surface area contributed by atoms with Gasteiger partial charge in [0, 0.05) is 5.02 Å². The summed E-state index contributed by atoms with van der Waals surface area (Å²) in [6, 6.07) is 10.8. The Kier molecular flexibility index (Phi) is 2.64. The van der Waals surface area contributed by atoms with Gasteiger partial charge in [-0.05, 0) is 41.8 Å². The van der Waals surface area contributed by atoms with Crippen molar-refractivity contribution < 1.29 is 9.59 Å². The molecule has 3 rings (SSSR count). The molecule has 0 fully saturated rings. The van der Waals surface area contributed by atoms with Crippen LogP contribution in [0.5, 0.6) is 0 Å². The minimum absolute atomic E-state index is 0.346. The second-order valence-corrected chi connectivity index (χ2v) is 4.91. The third-order valence-electron chi connectivity index (χ3n) is 3.25. The number of aryl methyl sites for hydroxylation is 1. The van der Waals surface area contributed by atoms with Gasteiger partial charge in [-0.25, -0.2) is 0 Å². The summed E-state index contributed by atoms with van der Waals surface area (Å²) in [5, 5.41) is 2.92. The van der Waals surface area contributed by atoms with Crippen LogP contribution in [0.2, 0.25) is 5.02 Å². The van der Waals surface area contributed by atoms with Crippen LogP contribution in [-0.2, 0) is 0 Å². The van der Waals surface area contributed by atoms with Gasteiger partial charge >= 0.3 is 0 Å². The largest absolute Gasteiger partial charge is 0.288 e. The lowest BCUT2D eigenvalue weighted by atomic mass is 9.94. The smallest absolute Gasteiger partial charge is 0.259 e. The molecule has 2 aromatic carbocycles. The van der Waals surface area contributed by atoms with Gasteiger partial charge in [0.05, 0.1) is 11.1 Å². The molecule has 19 heavy (non-hydrogen) atoms. The molecule has 4 heteroatoms. The Morgan fingerprint density at radius 3 is 2.47 bits per heavy atom. The Hall–Kier alpha value is -2.13. The molecule has 1 N–H and O–H groups in total. The number of carbonyl (C=O) groups excluding carboxylic acids is 2. The first kappa shape index (κ1) is 11.9. The minimum Gasteiger partial charge on any atom is -0.288 e. The maximum atomic E-state index is 11.9. The number of imide groups is 1. The van der Waals surface area contributed by atoms with E-state index >= 15 is 0 Å². The fourth-order valence-electron chi connectivity index (χ4n) is 2.33. The zero-order valence-electron chi connectivity index (χ0n) is 10.2. The number of rotatable bonds is 1. The predicted molar refractivity (Wildman–Crippen MR) is 73.4 cm³/mol. The molecule has 0 bridgehead atoms. The van der Waals surface area contributed by atoms with Crippen molar-refractivity contribution in [2.45, 2.75) is 6.92 Å². The molecule has 0 saturated heterocycles. The molecule has 0 aliphatic carbocycles. The van der Waals surface area contributed by atoms with Gasteiger partial charge in [-0.2, -0.15) is 0 Å². The maximum Gasteiger partial charge on any atom is 0.259 e. The Balaban J connectivity index is 2.31. The lowest BCUT2D eigenvalue weighted by Crippen LogP contribution is -2.20. The third-order valence-corrected chi connectivity index (χ3v) is 3.49. The summed E-state index contributed by atoms with van der Waals surface area (Å²) in [5.41, 5.74) is 3.46. The lowest BCUT2D eigenvalue weighted by molar-refractivity contribution is 0.0880. The minimum atomic E-state index is -0.352. The number of carbonyl (C=O) groups is 2. The van der Waals surface area contributed by atoms with Crippen molar-refractivity contribution in [3.8, 4) is 11.1 Å². The first-order chi connectivity index (χ1) is 9.08. The lowest BCUT2D eigenvalue weighted by Gasteiger charge is -2.09. The molecule has 3 nitrogen and oxygen atoms in total. The van der Waals surface area contributed by atoms with E-state index in [1.807, 2.05) is 25.1 Å². The molecule has 1 aliphatic heterocycles. The van der Waals surface area contributed by atoms with Crippen LogP contribution in [0.15, 0.2) is 36.4 Å². The summed E-state index contributed by atoms with van der Waals surface area (Å²) < 4.78 is 0. The molecule has 0 radical (unpaired) electrons. The van der Waals surface area contributed by atoms with Crippen LogP contribution in [0, 0.1) is 6.92 Å². The van der Waals surface area contributed by atoms with Gasteiger partial charge < -0.3 is 0 Å². The van der Waals surface area contributed by atoms with E-state index in [0.717, 1.165) is 16.7 Å². The van der Waals surface area contributed by atoms with E-state index in [9.17, 15) is 9.59 Å². The Labute approximate surface area is 115 Å². The Bertz CT molecular complexity index is 722. The van der Waals surface area contributed by atoms with Crippen LogP contribution < -0.4 is 5.32 Å². The number of nitrogens with one attached hydrogen (secondary N) is 1. The SMILES string of the molecule is Cc1ccc(Cl)cc1-c1cccc2c1C(=O)NC2=O. The number of benzene rings is 2. The molecular formula is C15H10ClNO2. The maximum absolute atomic E-state index is 11.9. The van der Waals surface area contributed by atoms with Crippen molar-refractivity contribution in [1.82, 2.24) is 5.32 Å². The van der Waals surface area contributed by atoms with Crippen molar-refractivity contribution in [2.75, 3.05) is 0 Å². The fraction of sp³-hybridized carbons (Fsp3) is 0.0667. The highest BCUT2D eigenvalue weighted by Crippen LogP contribution is 2.32. The summed E-state index contributed by atoms with van der Waals surface area (Å²) in [5.74, 6) is -0.698. The van der Waals surface area contributed by atoms with E-state index in [1.54, 1.807) is 18.2 Å². The first-order valence-electron chi connectivity index (χ1n) is 5.83. The summed E-state index contributed by atoms with van der Waals surface area (Å²) in [6.45, 7) is 1.94. The first-order valence-corrected chi connectivity index (χ1v) is 6.21. The molecule has 2 amide bonds. The molecule has 0 unspecified atom stereocenters. The van der Waals surface area contributed by atoms with Gasteiger partial charge in [0.1, 0.15) is 0 Å². The van der Waals surface area contributed by atoms with Crippen LogP contribution >= 0.6 is 11.6 Å². The molecule has 0 spiro atoms. The van der Waals surface area contributed by atoms with Gasteiger partial charge in [-0.15, -0.1) is 0 Å². The molecule has 0 atom stereocenters. The Morgan fingerprint density at radius 1 is 0.947 bits per heavy atom. The standard InChI is InChI=1S/C15H10ClNO2/c1-8-5-6-9(16)7-12(8)10-3-2-4-11-13(10)15(19)17-14(11)18/h2-7H,1H3,(H,17,18,19). The summed E-state index contributed by atoms with van der Waals surface area (Å²) >= 11 is 6.02. The van der Waals surface area contributed by atoms with E-state index in [-0.39, 0.29) is 11.8 Å². The highest BCUT2D eigenvalue weighted by Gasteiger charge is 2.29. The average Bonchev–Trinajstić information content (AvgIpc) is 2.68. The summed E-state index contributed by atoms with van der Waals surface area (Å²) in [6.07, 6.45) is 0. The second-order valence-electron chi connectivity index (χ2n) is 4.47. The molecule has 0 aromatic heterocycles. The van der Waals surface area contributed by atoms with Crippen LogP contribution in [0.25, 0.3) is 11.1 Å². The van der Waals surface area contributed by atoms with Crippen LogP contribution in [0.3, 0.4) is 0 Å². The molecule has 94 valence electrons. The van der Waals surface area contributed by atoms with Gasteiger partial charge in [0.25, 0.3) is 11.8 Å². The number of halogens is 1. The quantitative estimate of drug-likeness (QED) is 0.810. The van der Waals surface area contributed by atoms with Crippen molar-refractivity contribution in [1.29, 1.82) is 0 Å².